The third kappa shape index (κ3) is 6.70. The van der Waals surface area contributed by atoms with E-state index in [9.17, 15) is 8.42 Å². The Labute approximate surface area is 214 Å². The van der Waals surface area contributed by atoms with E-state index in [1.165, 1.54) is 6.21 Å². The van der Waals surface area contributed by atoms with Gasteiger partial charge in [-0.25, -0.2) is 13.4 Å². The van der Waals surface area contributed by atoms with Crippen LogP contribution in [0.1, 0.15) is 44.9 Å². The number of aromatic nitrogens is 2. The van der Waals surface area contributed by atoms with Crippen LogP contribution in [0.15, 0.2) is 47.1 Å². The molecule has 1 aromatic heterocycles. The molecule has 3 rings (SSSR count). The molecule has 36 heavy (non-hydrogen) atoms. The van der Waals surface area contributed by atoms with Gasteiger partial charge in [0, 0.05) is 24.0 Å². The van der Waals surface area contributed by atoms with E-state index in [0.717, 1.165) is 31.5 Å². The summed E-state index contributed by atoms with van der Waals surface area (Å²) in [7, 11) is -1.38. The molecule has 2 aromatic rings. The van der Waals surface area contributed by atoms with E-state index in [-0.39, 0.29) is 4.90 Å². The molecule has 0 amide bonds. The van der Waals surface area contributed by atoms with Crippen LogP contribution < -0.4 is 16.0 Å². The van der Waals surface area contributed by atoms with Crippen LogP contribution in [0.2, 0.25) is 0 Å². The Morgan fingerprint density at radius 1 is 1.19 bits per heavy atom. The monoisotopic (exact) mass is 511 g/mol. The second kappa shape index (κ2) is 12.1. The van der Waals surface area contributed by atoms with Crippen molar-refractivity contribution < 1.29 is 8.42 Å². The maximum absolute atomic E-state index is 12.9. The van der Waals surface area contributed by atoms with E-state index in [2.05, 4.69) is 37.9 Å². The number of anilines is 3. The topological polar surface area (TPSA) is 123 Å². The van der Waals surface area contributed by atoms with E-state index in [1.807, 2.05) is 26.0 Å². The van der Waals surface area contributed by atoms with Gasteiger partial charge < -0.3 is 26.3 Å². The zero-order chi connectivity index (χ0) is 26.3. The molecular weight excluding hydrogens is 474 g/mol. The first-order chi connectivity index (χ1) is 17.1. The Bertz CT molecular complexity index is 1230. The molecule has 1 aromatic carbocycles. The Morgan fingerprint density at radius 3 is 2.53 bits per heavy atom. The zero-order valence-electron chi connectivity index (χ0n) is 21.7. The highest BCUT2D eigenvalue weighted by atomic mass is 32.2. The largest absolute Gasteiger partial charge is 0.386 e. The molecule has 194 valence electrons. The van der Waals surface area contributed by atoms with Gasteiger partial charge >= 0.3 is 0 Å². The van der Waals surface area contributed by atoms with Crippen LogP contribution in [-0.4, -0.2) is 60.9 Å². The number of para-hydroxylation sites is 1. The van der Waals surface area contributed by atoms with Crippen LogP contribution in [0.4, 0.5) is 17.5 Å². The average Bonchev–Trinajstić information content (AvgIpc) is 2.85. The van der Waals surface area contributed by atoms with Crippen LogP contribution in [0.5, 0.6) is 0 Å². The van der Waals surface area contributed by atoms with Crippen molar-refractivity contribution in [3.05, 3.63) is 53.5 Å². The lowest BCUT2D eigenvalue weighted by molar-refractivity contribution is 0.244. The van der Waals surface area contributed by atoms with Gasteiger partial charge in [0.15, 0.2) is 9.84 Å². The number of likely N-dealkylation sites (tertiary alicyclic amines) is 1. The maximum atomic E-state index is 12.9. The minimum Gasteiger partial charge on any atom is -0.386 e. The number of hydrogen-bond donors (Lipinski definition) is 4. The van der Waals surface area contributed by atoms with E-state index in [0.29, 0.717) is 34.9 Å². The molecule has 1 fully saturated rings. The molecule has 0 atom stereocenters. The van der Waals surface area contributed by atoms with Crippen molar-refractivity contribution in [2.24, 2.45) is 0 Å². The molecule has 1 aliphatic rings. The molecule has 4 N–H and O–H groups in total. The summed E-state index contributed by atoms with van der Waals surface area (Å²) in [5, 5.41) is 17.0. The first-order valence-corrected chi connectivity index (χ1v) is 13.7. The highest BCUT2D eigenvalue weighted by molar-refractivity contribution is 7.92. The van der Waals surface area contributed by atoms with Gasteiger partial charge in [0.2, 0.25) is 5.95 Å². The molecule has 2 heterocycles. The van der Waals surface area contributed by atoms with E-state index in [1.54, 1.807) is 44.3 Å². The predicted molar refractivity (Wildman–Crippen MR) is 148 cm³/mol. The second-order valence-corrected chi connectivity index (χ2v) is 11.7. The SMILES string of the molecule is C/C=C\c1nc(N/C(C=N)=C/NC2CCN(C)CC2)nc(Nc2ccccc2S(=O)(=O)C(C)C)c1C. The molecule has 0 spiro atoms. The first-order valence-electron chi connectivity index (χ1n) is 12.2. The van der Waals surface area contributed by atoms with Gasteiger partial charge in [-0.1, -0.05) is 18.2 Å². The third-order valence-corrected chi connectivity index (χ3v) is 8.39. The molecule has 1 aliphatic heterocycles. The van der Waals surface area contributed by atoms with Crippen LogP contribution in [-0.2, 0) is 9.84 Å². The second-order valence-electron chi connectivity index (χ2n) is 9.23. The number of benzene rings is 1. The van der Waals surface area contributed by atoms with Crippen molar-refractivity contribution in [2.75, 3.05) is 30.8 Å². The predicted octanol–water partition coefficient (Wildman–Crippen LogP) is 4.33. The molecule has 0 bridgehead atoms. The van der Waals surface area contributed by atoms with Gasteiger partial charge in [0.1, 0.15) is 5.82 Å². The highest BCUT2D eigenvalue weighted by Crippen LogP contribution is 2.29. The van der Waals surface area contributed by atoms with Crippen LogP contribution in [0, 0.1) is 12.3 Å². The normalized spacial score (nSPS) is 15.9. The molecule has 9 nitrogen and oxygen atoms in total. The number of allylic oxidation sites excluding steroid dienone is 2. The Kier molecular flexibility index (Phi) is 9.22. The van der Waals surface area contributed by atoms with Crippen LogP contribution >= 0.6 is 0 Å². The fourth-order valence-corrected chi connectivity index (χ4v) is 5.06. The molecule has 1 saturated heterocycles. The summed E-state index contributed by atoms with van der Waals surface area (Å²) in [5.41, 5.74) is 2.45. The molecular formula is C26H37N7O2S. The van der Waals surface area contributed by atoms with Crippen molar-refractivity contribution in [1.29, 1.82) is 5.41 Å². The lowest BCUT2D eigenvalue weighted by Gasteiger charge is -2.29. The molecule has 0 saturated carbocycles. The van der Waals surface area contributed by atoms with Gasteiger partial charge in [-0.2, -0.15) is 4.98 Å². The summed E-state index contributed by atoms with van der Waals surface area (Å²) >= 11 is 0. The van der Waals surface area contributed by atoms with Gasteiger partial charge in [-0.3, -0.25) is 0 Å². The quantitative estimate of drug-likeness (QED) is 0.348. The van der Waals surface area contributed by atoms with E-state index in [4.69, 9.17) is 5.41 Å². The van der Waals surface area contributed by atoms with Gasteiger partial charge in [0.05, 0.1) is 27.2 Å². The van der Waals surface area contributed by atoms with Crippen molar-refractivity contribution in [2.45, 2.75) is 56.7 Å². The Hall–Kier alpha value is -3.24. The number of piperidine rings is 1. The molecule has 0 radical (unpaired) electrons. The standard InChI is InChI=1S/C26H37N7O2S/c1-6-9-22-19(4)25(30-23-10-7-8-11-24(23)36(34,35)18(2)3)32-26(31-22)29-21(16-27)17-28-20-12-14-33(5)15-13-20/h6-11,16-18,20,27-28H,12-15H2,1-5H3,(H2,29,30,31,32)/b9-6-,21-17+,27-16?. The number of nitrogens with zero attached hydrogens (tertiary/aromatic N) is 3. The van der Waals surface area contributed by atoms with Crippen LogP contribution in [0.3, 0.4) is 0 Å². The van der Waals surface area contributed by atoms with Crippen molar-refractivity contribution in [3.8, 4) is 0 Å². The van der Waals surface area contributed by atoms with E-state index < -0.39 is 15.1 Å². The summed E-state index contributed by atoms with van der Waals surface area (Å²) in [6, 6.07) is 7.18. The lowest BCUT2D eigenvalue weighted by atomic mass is 10.1. The average molecular weight is 512 g/mol. The van der Waals surface area contributed by atoms with Crippen LogP contribution in [0.25, 0.3) is 6.08 Å². The third-order valence-electron chi connectivity index (χ3n) is 6.18. The summed E-state index contributed by atoms with van der Waals surface area (Å²) in [6.07, 6.45) is 8.84. The Morgan fingerprint density at radius 2 is 1.89 bits per heavy atom. The summed E-state index contributed by atoms with van der Waals surface area (Å²) in [4.78, 5) is 11.8. The fraction of sp³-hybridized carbons (Fsp3) is 0.423. The van der Waals surface area contributed by atoms with Crippen molar-refractivity contribution >= 4 is 39.6 Å². The molecule has 0 aliphatic carbocycles. The highest BCUT2D eigenvalue weighted by Gasteiger charge is 2.23. The lowest BCUT2D eigenvalue weighted by Crippen LogP contribution is -2.39. The molecule has 0 unspecified atom stereocenters. The Balaban J connectivity index is 1.91. The zero-order valence-corrected chi connectivity index (χ0v) is 22.5. The maximum Gasteiger partial charge on any atom is 0.229 e. The summed E-state index contributed by atoms with van der Waals surface area (Å²) in [5.74, 6) is 0.792. The van der Waals surface area contributed by atoms with Gasteiger partial charge in [-0.05, 0) is 78.9 Å². The number of nitrogens with one attached hydrogen (secondary N) is 4. The summed E-state index contributed by atoms with van der Waals surface area (Å²) < 4.78 is 25.9. The van der Waals surface area contributed by atoms with Crippen molar-refractivity contribution in [1.82, 2.24) is 20.2 Å². The molecule has 10 heteroatoms. The number of hydrogen-bond acceptors (Lipinski definition) is 9. The summed E-state index contributed by atoms with van der Waals surface area (Å²) in [6.45, 7) is 9.19. The fourth-order valence-electron chi connectivity index (χ4n) is 3.86. The number of sulfone groups is 1. The van der Waals surface area contributed by atoms with E-state index >= 15 is 0 Å². The minimum atomic E-state index is -3.50. The smallest absolute Gasteiger partial charge is 0.229 e. The minimum absolute atomic E-state index is 0.225. The number of rotatable bonds is 10. The van der Waals surface area contributed by atoms with Gasteiger partial charge in [0.25, 0.3) is 0 Å². The van der Waals surface area contributed by atoms with Gasteiger partial charge in [-0.15, -0.1) is 0 Å². The van der Waals surface area contributed by atoms with Crippen molar-refractivity contribution in [3.63, 3.8) is 0 Å². The first kappa shape index (κ1) is 27.3.